The second-order valence-corrected chi connectivity index (χ2v) is 8.03. The quantitative estimate of drug-likeness (QED) is 0.601. The summed E-state index contributed by atoms with van der Waals surface area (Å²) in [4.78, 5) is 15.2. The molecular weight excluding hydrogens is 328 g/mol. The van der Waals surface area contributed by atoms with Crippen molar-refractivity contribution in [2.45, 2.75) is 65.2 Å². The predicted molar refractivity (Wildman–Crippen MR) is 107 cm³/mol. The summed E-state index contributed by atoms with van der Waals surface area (Å²) in [5.74, 6) is 0.978. The fourth-order valence-electron chi connectivity index (χ4n) is 3.93. The first kappa shape index (κ1) is 16.7. The molecule has 4 rings (SSSR count). The highest BCUT2D eigenvalue weighted by Crippen LogP contribution is 2.40. The Bertz CT molecular complexity index is 900. The average molecular weight is 355 g/mol. The van der Waals surface area contributed by atoms with Gasteiger partial charge >= 0.3 is 0 Å². The molecule has 0 amide bonds. The summed E-state index contributed by atoms with van der Waals surface area (Å²) in [5.41, 5.74) is 5.26. The number of aromatic nitrogens is 3. The molecule has 0 aromatic carbocycles. The molecule has 0 fully saturated rings. The van der Waals surface area contributed by atoms with Crippen molar-refractivity contribution in [3.63, 3.8) is 0 Å². The summed E-state index contributed by atoms with van der Waals surface area (Å²) in [6, 6.07) is 0. The fourth-order valence-corrected chi connectivity index (χ4v) is 5.10. The van der Waals surface area contributed by atoms with E-state index in [2.05, 4.69) is 29.1 Å². The standard InChI is InChI=1S/C20H26N4S/c1-3-4-5-8-11-21-19-18-17(22-12-23-19)16-15-10-7-6-9-14(15)13(2)24-20(16)25-18/h12H,3-11H2,1-2H3,(H,21,22,23). The van der Waals surface area contributed by atoms with Crippen molar-refractivity contribution < 1.29 is 0 Å². The van der Waals surface area contributed by atoms with E-state index in [-0.39, 0.29) is 0 Å². The van der Waals surface area contributed by atoms with Crippen LogP contribution in [0.2, 0.25) is 0 Å². The lowest BCUT2D eigenvalue weighted by atomic mass is 9.89. The van der Waals surface area contributed by atoms with Crippen molar-refractivity contribution in [1.29, 1.82) is 0 Å². The number of fused-ring (bicyclic) bond motifs is 5. The van der Waals surface area contributed by atoms with E-state index in [1.807, 2.05) is 0 Å². The molecule has 1 N–H and O–H groups in total. The second-order valence-electron chi connectivity index (χ2n) is 7.03. The van der Waals surface area contributed by atoms with Gasteiger partial charge in [0.05, 0.1) is 10.2 Å². The highest BCUT2D eigenvalue weighted by molar-refractivity contribution is 7.26. The zero-order valence-electron chi connectivity index (χ0n) is 15.2. The molecule has 0 spiro atoms. The van der Waals surface area contributed by atoms with Gasteiger partial charge in [0.15, 0.2) is 0 Å². The topological polar surface area (TPSA) is 50.7 Å². The number of nitrogens with zero attached hydrogens (tertiary/aromatic N) is 3. The predicted octanol–water partition coefficient (Wildman–Crippen LogP) is 5.42. The number of aryl methyl sites for hydroxylation is 2. The fraction of sp³-hybridized carbons (Fsp3) is 0.550. The van der Waals surface area contributed by atoms with Crippen LogP contribution in [0, 0.1) is 6.92 Å². The molecule has 25 heavy (non-hydrogen) atoms. The normalized spacial score (nSPS) is 14.2. The molecule has 0 saturated heterocycles. The Labute approximate surface area is 153 Å². The van der Waals surface area contributed by atoms with Crippen LogP contribution in [0.25, 0.3) is 20.4 Å². The third kappa shape index (κ3) is 3.10. The molecule has 1 aliphatic rings. The lowest BCUT2D eigenvalue weighted by Crippen LogP contribution is -2.07. The maximum Gasteiger partial charge on any atom is 0.147 e. The molecule has 0 radical (unpaired) electrons. The van der Waals surface area contributed by atoms with Crippen molar-refractivity contribution in [1.82, 2.24) is 15.0 Å². The van der Waals surface area contributed by atoms with Gasteiger partial charge in [0.25, 0.3) is 0 Å². The first-order valence-corrected chi connectivity index (χ1v) is 10.4. The number of hydrogen-bond donors (Lipinski definition) is 1. The number of rotatable bonds is 6. The Morgan fingerprint density at radius 2 is 1.92 bits per heavy atom. The van der Waals surface area contributed by atoms with Gasteiger partial charge in [0.1, 0.15) is 17.0 Å². The Kier molecular flexibility index (Phi) is 4.84. The van der Waals surface area contributed by atoms with E-state index >= 15 is 0 Å². The van der Waals surface area contributed by atoms with Gasteiger partial charge in [0, 0.05) is 17.6 Å². The van der Waals surface area contributed by atoms with Gasteiger partial charge in [0.2, 0.25) is 0 Å². The first-order chi connectivity index (χ1) is 12.3. The zero-order chi connectivity index (χ0) is 17.2. The van der Waals surface area contributed by atoms with E-state index in [1.54, 1.807) is 17.7 Å². The maximum atomic E-state index is 4.91. The van der Waals surface area contributed by atoms with E-state index in [9.17, 15) is 0 Å². The highest BCUT2D eigenvalue weighted by atomic mass is 32.1. The smallest absolute Gasteiger partial charge is 0.147 e. The molecule has 3 aromatic rings. The van der Waals surface area contributed by atoms with Crippen LogP contribution in [-0.4, -0.2) is 21.5 Å². The van der Waals surface area contributed by atoms with Crippen LogP contribution in [0.3, 0.4) is 0 Å². The lowest BCUT2D eigenvalue weighted by Gasteiger charge is -2.18. The largest absolute Gasteiger partial charge is 0.369 e. The summed E-state index contributed by atoms with van der Waals surface area (Å²) in [7, 11) is 0. The molecule has 132 valence electrons. The Morgan fingerprint density at radius 3 is 2.76 bits per heavy atom. The number of anilines is 1. The van der Waals surface area contributed by atoms with E-state index in [0.29, 0.717) is 0 Å². The number of thiophene rings is 1. The summed E-state index contributed by atoms with van der Waals surface area (Å²) < 4.78 is 1.17. The SMILES string of the molecule is CCCCCCNc1ncnc2c1sc1nc(C)c3c(c12)CCCC3. The lowest BCUT2D eigenvalue weighted by molar-refractivity contribution is 0.683. The molecule has 1 aliphatic carbocycles. The van der Waals surface area contributed by atoms with Crippen LogP contribution in [0.4, 0.5) is 5.82 Å². The molecule has 0 bridgehead atoms. The third-order valence-electron chi connectivity index (χ3n) is 5.25. The van der Waals surface area contributed by atoms with Crippen LogP contribution in [0.1, 0.15) is 62.3 Å². The Morgan fingerprint density at radius 1 is 1.08 bits per heavy atom. The van der Waals surface area contributed by atoms with Crippen LogP contribution in [0.15, 0.2) is 6.33 Å². The van der Waals surface area contributed by atoms with Crippen molar-refractivity contribution >= 4 is 37.6 Å². The Hall–Kier alpha value is -1.75. The van der Waals surface area contributed by atoms with Crippen LogP contribution in [-0.2, 0) is 12.8 Å². The van der Waals surface area contributed by atoms with Gasteiger partial charge < -0.3 is 5.32 Å². The van der Waals surface area contributed by atoms with E-state index in [1.165, 1.54) is 65.4 Å². The third-order valence-corrected chi connectivity index (χ3v) is 6.33. The summed E-state index contributed by atoms with van der Waals surface area (Å²) >= 11 is 1.74. The van der Waals surface area contributed by atoms with Crippen LogP contribution >= 0.6 is 11.3 Å². The van der Waals surface area contributed by atoms with Crippen molar-refractivity contribution in [3.05, 3.63) is 23.1 Å². The summed E-state index contributed by atoms with van der Waals surface area (Å²) in [6.45, 7) is 5.38. The maximum absolute atomic E-state index is 4.91. The Balaban J connectivity index is 1.74. The number of unbranched alkanes of at least 4 members (excludes halogenated alkanes) is 3. The van der Waals surface area contributed by atoms with Gasteiger partial charge in [-0.2, -0.15) is 0 Å². The van der Waals surface area contributed by atoms with E-state index < -0.39 is 0 Å². The highest BCUT2D eigenvalue weighted by Gasteiger charge is 2.21. The number of pyridine rings is 1. The van der Waals surface area contributed by atoms with Gasteiger partial charge in [-0.3, -0.25) is 0 Å². The molecular formula is C20H26N4S. The minimum absolute atomic E-state index is 0.977. The summed E-state index contributed by atoms with van der Waals surface area (Å²) in [6.07, 6.45) is 11.6. The molecule has 5 heteroatoms. The number of nitrogens with one attached hydrogen (secondary N) is 1. The summed E-state index contributed by atoms with van der Waals surface area (Å²) in [5, 5.41) is 4.82. The van der Waals surface area contributed by atoms with Gasteiger partial charge in [-0.25, -0.2) is 15.0 Å². The second kappa shape index (κ2) is 7.24. The minimum atomic E-state index is 0.977. The minimum Gasteiger partial charge on any atom is -0.369 e. The van der Waals surface area contributed by atoms with Gasteiger partial charge in [-0.1, -0.05) is 26.2 Å². The monoisotopic (exact) mass is 354 g/mol. The van der Waals surface area contributed by atoms with E-state index in [0.717, 1.165) is 35.6 Å². The molecule has 0 unspecified atom stereocenters. The average Bonchev–Trinajstić information content (AvgIpc) is 3.01. The van der Waals surface area contributed by atoms with E-state index in [4.69, 9.17) is 4.98 Å². The zero-order valence-corrected chi connectivity index (χ0v) is 16.0. The van der Waals surface area contributed by atoms with Crippen molar-refractivity contribution in [2.75, 3.05) is 11.9 Å². The number of hydrogen-bond acceptors (Lipinski definition) is 5. The molecule has 0 aliphatic heterocycles. The molecule has 4 nitrogen and oxygen atoms in total. The first-order valence-electron chi connectivity index (χ1n) is 9.59. The molecule has 3 aromatic heterocycles. The van der Waals surface area contributed by atoms with Crippen molar-refractivity contribution in [3.8, 4) is 0 Å². The van der Waals surface area contributed by atoms with Gasteiger partial charge in [-0.15, -0.1) is 11.3 Å². The van der Waals surface area contributed by atoms with Gasteiger partial charge in [-0.05, 0) is 50.2 Å². The molecule has 0 atom stereocenters. The molecule has 0 saturated carbocycles. The molecule has 3 heterocycles. The van der Waals surface area contributed by atoms with Crippen LogP contribution in [0.5, 0.6) is 0 Å². The van der Waals surface area contributed by atoms with Crippen molar-refractivity contribution in [2.24, 2.45) is 0 Å². The van der Waals surface area contributed by atoms with Crippen LogP contribution < -0.4 is 5.32 Å².